The lowest BCUT2D eigenvalue weighted by Gasteiger charge is -2.12. The zero-order valence-corrected chi connectivity index (χ0v) is 14.3. The number of carboxylic acids is 1. The number of carbonyl (C=O) groups excluding carboxylic acids is 1. The minimum Gasteiger partial charge on any atom is -0.490 e. The van der Waals surface area contributed by atoms with Crippen LogP contribution in [0, 0.1) is 5.82 Å². The lowest BCUT2D eigenvalue weighted by Crippen LogP contribution is -2.25. The minimum absolute atomic E-state index is 0.255. The van der Waals surface area contributed by atoms with E-state index in [2.05, 4.69) is 5.32 Å². The van der Waals surface area contributed by atoms with Gasteiger partial charge in [-0.3, -0.25) is 4.79 Å². The second-order valence-corrected chi connectivity index (χ2v) is 5.41. The molecule has 0 bridgehead atoms. The highest BCUT2D eigenvalue weighted by Gasteiger charge is 2.12. The predicted octanol–water partition coefficient (Wildman–Crippen LogP) is 2.66. The van der Waals surface area contributed by atoms with Crippen molar-refractivity contribution in [3.05, 3.63) is 59.4 Å². The Morgan fingerprint density at radius 1 is 1.12 bits per heavy atom. The van der Waals surface area contributed by atoms with Crippen LogP contribution in [-0.2, 0) is 11.2 Å². The molecule has 0 aliphatic rings. The number of hydrogen-bond donors (Lipinski definition) is 2. The summed E-state index contributed by atoms with van der Waals surface area (Å²) in [5.74, 6) is -1.18. The van der Waals surface area contributed by atoms with Crippen LogP contribution in [0.25, 0.3) is 0 Å². The maximum absolute atomic E-state index is 13.1. The number of carbonyl (C=O) groups is 2. The van der Waals surface area contributed by atoms with E-state index in [0.29, 0.717) is 30.9 Å². The number of rotatable bonds is 9. The van der Waals surface area contributed by atoms with Crippen molar-refractivity contribution in [2.45, 2.75) is 13.3 Å². The molecule has 2 rings (SSSR count). The summed E-state index contributed by atoms with van der Waals surface area (Å²) in [5.41, 5.74) is 1.15. The summed E-state index contributed by atoms with van der Waals surface area (Å²) < 4.78 is 23.7. The molecule has 6 nitrogen and oxygen atoms in total. The standard InChI is InChI=1S/C19H20FNO5/c1-2-25-17-11-14(6-7-16(17)26-12-18(22)23)19(24)21-9-8-13-4-3-5-15(20)10-13/h3-7,10-11H,2,8-9,12H2,1H3,(H,21,24)(H,22,23). The van der Waals surface area contributed by atoms with Gasteiger partial charge in [-0.15, -0.1) is 0 Å². The second kappa shape index (κ2) is 9.41. The van der Waals surface area contributed by atoms with Crippen LogP contribution >= 0.6 is 0 Å². The van der Waals surface area contributed by atoms with E-state index < -0.39 is 12.6 Å². The van der Waals surface area contributed by atoms with Gasteiger partial charge in [0.15, 0.2) is 18.1 Å². The normalized spacial score (nSPS) is 10.2. The summed E-state index contributed by atoms with van der Waals surface area (Å²) in [4.78, 5) is 22.9. The summed E-state index contributed by atoms with van der Waals surface area (Å²) in [6.45, 7) is 1.96. The van der Waals surface area contributed by atoms with E-state index in [1.165, 1.54) is 30.3 Å². The van der Waals surface area contributed by atoms with Crippen molar-refractivity contribution in [2.24, 2.45) is 0 Å². The number of hydrogen-bond acceptors (Lipinski definition) is 4. The van der Waals surface area contributed by atoms with Gasteiger partial charge in [0.05, 0.1) is 6.61 Å². The Balaban J connectivity index is 1.98. The van der Waals surface area contributed by atoms with Crippen LogP contribution in [0.4, 0.5) is 4.39 Å². The SMILES string of the molecule is CCOc1cc(C(=O)NCCc2cccc(F)c2)ccc1OCC(=O)O. The summed E-state index contributed by atoms with van der Waals surface area (Å²) in [7, 11) is 0. The molecule has 2 aromatic rings. The molecule has 0 heterocycles. The highest BCUT2D eigenvalue weighted by molar-refractivity contribution is 5.94. The molecular formula is C19H20FNO5. The number of aliphatic carboxylic acids is 1. The number of carboxylic acid groups (broad SMARTS) is 1. The second-order valence-electron chi connectivity index (χ2n) is 5.41. The van der Waals surface area contributed by atoms with Gasteiger partial charge in [0.2, 0.25) is 0 Å². The summed E-state index contributed by atoms with van der Waals surface area (Å²) in [6, 6.07) is 10.7. The Labute approximate surface area is 150 Å². The quantitative estimate of drug-likeness (QED) is 0.717. The highest BCUT2D eigenvalue weighted by Crippen LogP contribution is 2.28. The lowest BCUT2D eigenvalue weighted by atomic mass is 10.1. The molecule has 0 saturated carbocycles. The summed E-state index contributed by atoms with van der Waals surface area (Å²) in [5, 5.41) is 11.4. The van der Waals surface area contributed by atoms with Crippen molar-refractivity contribution in [3.63, 3.8) is 0 Å². The maximum atomic E-state index is 13.1. The number of halogens is 1. The number of benzene rings is 2. The Kier molecular flexibility index (Phi) is 6.96. The van der Waals surface area contributed by atoms with E-state index in [1.807, 2.05) is 0 Å². The monoisotopic (exact) mass is 361 g/mol. The third-order valence-corrected chi connectivity index (χ3v) is 3.45. The fourth-order valence-corrected chi connectivity index (χ4v) is 2.29. The molecular weight excluding hydrogens is 341 g/mol. The molecule has 0 radical (unpaired) electrons. The topological polar surface area (TPSA) is 84.9 Å². The zero-order valence-electron chi connectivity index (χ0n) is 14.3. The molecule has 7 heteroatoms. The van der Waals surface area contributed by atoms with Crippen molar-refractivity contribution in [3.8, 4) is 11.5 Å². The summed E-state index contributed by atoms with van der Waals surface area (Å²) >= 11 is 0. The van der Waals surface area contributed by atoms with Gasteiger partial charge in [-0.05, 0) is 49.2 Å². The fourth-order valence-electron chi connectivity index (χ4n) is 2.29. The average molecular weight is 361 g/mol. The van der Waals surface area contributed by atoms with E-state index >= 15 is 0 Å². The molecule has 138 valence electrons. The van der Waals surface area contributed by atoms with Crippen LogP contribution in [0.2, 0.25) is 0 Å². The molecule has 0 aromatic heterocycles. The molecule has 2 aromatic carbocycles. The van der Waals surface area contributed by atoms with Crippen molar-refractivity contribution < 1.29 is 28.6 Å². The Morgan fingerprint density at radius 2 is 1.92 bits per heavy atom. The Hall–Kier alpha value is -3.09. The van der Waals surface area contributed by atoms with Gasteiger partial charge in [0, 0.05) is 12.1 Å². The van der Waals surface area contributed by atoms with E-state index in [0.717, 1.165) is 5.56 Å². The first-order valence-corrected chi connectivity index (χ1v) is 8.13. The average Bonchev–Trinajstić information content (AvgIpc) is 2.60. The largest absolute Gasteiger partial charge is 0.490 e. The third kappa shape index (κ3) is 5.77. The first-order valence-electron chi connectivity index (χ1n) is 8.13. The van der Waals surface area contributed by atoms with Gasteiger partial charge < -0.3 is 19.9 Å². The molecule has 0 fully saturated rings. The molecule has 26 heavy (non-hydrogen) atoms. The van der Waals surface area contributed by atoms with Crippen molar-refractivity contribution in [1.82, 2.24) is 5.32 Å². The van der Waals surface area contributed by atoms with Crippen LogP contribution < -0.4 is 14.8 Å². The molecule has 0 aliphatic heterocycles. The number of ether oxygens (including phenoxy) is 2. The van der Waals surface area contributed by atoms with Crippen LogP contribution in [-0.4, -0.2) is 36.7 Å². The van der Waals surface area contributed by atoms with Crippen molar-refractivity contribution in [1.29, 1.82) is 0 Å². The fraction of sp³-hybridized carbons (Fsp3) is 0.263. The number of amides is 1. The van der Waals surface area contributed by atoms with Gasteiger partial charge in [0.25, 0.3) is 5.91 Å². The van der Waals surface area contributed by atoms with Gasteiger partial charge in [0.1, 0.15) is 5.82 Å². The van der Waals surface area contributed by atoms with Crippen LogP contribution in [0.1, 0.15) is 22.8 Å². The van der Waals surface area contributed by atoms with E-state index in [1.54, 1.807) is 19.1 Å². The van der Waals surface area contributed by atoms with Crippen LogP contribution in [0.5, 0.6) is 11.5 Å². The highest BCUT2D eigenvalue weighted by atomic mass is 19.1. The zero-order chi connectivity index (χ0) is 18.9. The predicted molar refractivity (Wildman–Crippen MR) is 93.2 cm³/mol. The van der Waals surface area contributed by atoms with Gasteiger partial charge in [-0.1, -0.05) is 12.1 Å². The molecule has 0 aliphatic carbocycles. The molecule has 0 spiro atoms. The smallest absolute Gasteiger partial charge is 0.341 e. The van der Waals surface area contributed by atoms with Crippen molar-refractivity contribution in [2.75, 3.05) is 19.8 Å². The van der Waals surface area contributed by atoms with E-state index in [4.69, 9.17) is 14.6 Å². The molecule has 2 N–H and O–H groups in total. The maximum Gasteiger partial charge on any atom is 0.341 e. The molecule has 0 atom stereocenters. The van der Waals surface area contributed by atoms with Crippen molar-refractivity contribution >= 4 is 11.9 Å². The van der Waals surface area contributed by atoms with Gasteiger partial charge in [-0.2, -0.15) is 0 Å². The first kappa shape index (κ1) is 19.2. The van der Waals surface area contributed by atoms with Gasteiger partial charge in [-0.25, -0.2) is 9.18 Å². The molecule has 0 unspecified atom stereocenters. The van der Waals surface area contributed by atoms with Gasteiger partial charge >= 0.3 is 5.97 Å². The minimum atomic E-state index is -1.10. The van der Waals surface area contributed by atoms with E-state index in [9.17, 15) is 14.0 Å². The Morgan fingerprint density at radius 3 is 2.62 bits per heavy atom. The molecule has 0 saturated heterocycles. The van der Waals surface area contributed by atoms with Crippen LogP contribution in [0.3, 0.4) is 0 Å². The Bertz CT molecular complexity index is 778. The lowest BCUT2D eigenvalue weighted by molar-refractivity contribution is -0.139. The number of nitrogens with one attached hydrogen (secondary N) is 1. The summed E-state index contributed by atoms with van der Waals surface area (Å²) in [6.07, 6.45) is 0.502. The third-order valence-electron chi connectivity index (χ3n) is 3.45. The molecule has 1 amide bonds. The first-order chi connectivity index (χ1) is 12.5. The van der Waals surface area contributed by atoms with E-state index in [-0.39, 0.29) is 17.5 Å². The van der Waals surface area contributed by atoms with Crippen LogP contribution in [0.15, 0.2) is 42.5 Å².